The van der Waals surface area contributed by atoms with Gasteiger partial charge in [0.25, 0.3) is 11.6 Å². The predicted octanol–water partition coefficient (Wildman–Crippen LogP) is 2.50. The molecule has 0 aliphatic carbocycles. The van der Waals surface area contributed by atoms with E-state index in [1.807, 2.05) is 13.8 Å². The van der Waals surface area contributed by atoms with Gasteiger partial charge in [-0.2, -0.15) is 0 Å². The van der Waals surface area contributed by atoms with Crippen molar-refractivity contribution in [2.45, 2.75) is 13.8 Å². The number of nitro benzene ring substituents is 1. The Morgan fingerprint density at radius 3 is 2.53 bits per heavy atom. The van der Waals surface area contributed by atoms with E-state index >= 15 is 0 Å². The van der Waals surface area contributed by atoms with Crippen LogP contribution < -0.4 is 4.74 Å². The molecule has 0 aliphatic rings. The normalized spacial score (nSPS) is 10.1. The molecule has 1 rings (SSSR count). The fourth-order valence-electron chi connectivity index (χ4n) is 1.54. The van der Waals surface area contributed by atoms with Gasteiger partial charge in [-0.05, 0) is 19.9 Å². The van der Waals surface area contributed by atoms with Crippen LogP contribution in [0.4, 0.5) is 5.69 Å². The Kier molecular flexibility index (Phi) is 5.57. The lowest BCUT2D eigenvalue weighted by Crippen LogP contribution is -2.34. The fourth-order valence-corrected chi connectivity index (χ4v) is 1.78. The maximum Gasteiger partial charge on any atom is 0.288 e. The van der Waals surface area contributed by atoms with E-state index in [1.54, 1.807) is 4.90 Å². The smallest absolute Gasteiger partial charge is 0.288 e. The highest BCUT2D eigenvalue weighted by Crippen LogP contribution is 2.28. The van der Waals surface area contributed by atoms with Gasteiger partial charge in [0.05, 0.1) is 4.92 Å². The van der Waals surface area contributed by atoms with E-state index < -0.39 is 4.92 Å². The zero-order valence-electron chi connectivity index (χ0n) is 10.8. The second-order valence-corrected chi connectivity index (χ2v) is 4.13. The second kappa shape index (κ2) is 6.94. The van der Waals surface area contributed by atoms with Crippen molar-refractivity contribution in [1.82, 2.24) is 4.90 Å². The van der Waals surface area contributed by atoms with Crippen molar-refractivity contribution in [1.29, 1.82) is 0 Å². The minimum Gasteiger partial charge on any atom is -0.484 e. The maximum atomic E-state index is 11.7. The summed E-state index contributed by atoms with van der Waals surface area (Å²) in [5, 5.41) is 10.6. The minimum absolute atomic E-state index is 0.0159. The molecule has 19 heavy (non-hydrogen) atoms. The number of benzene rings is 1. The minimum atomic E-state index is -0.576. The quantitative estimate of drug-likeness (QED) is 0.595. The third kappa shape index (κ3) is 4.10. The first kappa shape index (κ1) is 15.2. The summed E-state index contributed by atoms with van der Waals surface area (Å²) in [6.07, 6.45) is 0. The number of likely N-dealkylation sites (N-methyl/N-ethyl adjacent to an activating group) is 1. The molecule has 1 aromatic rings. The average molecular weight is 287 g/mol. The number of hydrogen-bond acceptors (Lipinski definition) is 4. The molecule has 6 nitrogen and oxygen atoms in total. The Balaban J connectivity index is 2.66. The lowest BCUT2D eigenvalue weighted by Gasteiger charge is -2.18. The van der Waals surface area contributed by atoms with E-state index in [4.69, 9.17) is 16.3 Å². The molecule has 0 radical (unpaired) electrons. The Labute approximate surface area is 116 Å². The van der Waals surface area contributed by atoms with E-state index in [1.165, 1.54) is 18.2 Å². The van der Waals surface area contributed by atoms with E-state index in [9.17, 15) is 14.9 Å². The van der Waals surface area contributed by atoms with Crippen molar-refractivity contribution in [3.05, 3.63) is 33.3 Å². The van der Waals surface area contributed by atoms with Crippen LogP contribution >= 0.6 is 11.6 Å². The van der Waals surface area contributed by atoms with Crippen molar-refractivity contribution < 1.29 is 14.5 Å². The molecule has 0 spiro atoms. The third-order valence-electron chi connectivity index (χ3n) is 2.59. The number of hydrogen-bond donors (Lipinski definition) is 0. The molecule has 0 heterocycles. The Bertz CT molecular complexity index is 475. The molecule has 0 N–H and O–H groups in total. The van der Waals surface area contributed by atoms with Crippen LogP contribution in [-0.2, 0) is 4.79 Å². The van der Waals surface area contributed by atoms with Crippen LogP contribution in [0.3, 0.4) is 0 Å². The van der Waals surface area contributed by atoms with Gasteiger partial charge in [-0.25, -0.2) is 0 Å². The third-order valence-corrected chi connectivity index (χ3v) is 2.90. The van der Waals surface area contributed by atoms with Gasteiger partial charge in [-0.3, -0.25) is 14.9 Å². The van der Waals surface area contributed by atoms with Gasteiger partial charge in [-0.15, -0.1) is 0 Å². The van der Waals surface area contributed by atoms with Crippen LogP contribution in [-0.4, -0.2) is 35.4 Å². The summed E-state index contributed by atoms with van der Waals surface area (Å²) < 4.78 is 5.27. The molecule has 0 saturated heterocycles. The number of ether oxygens (including phenoxy) is 1. The first-order valence-corrected chi connectivity index (χ1v) is 6.21. The SMILES string of the molecule is CCN(CC)C(=O)COc1ccc([N+](=O)[O-])c(Cl)c1. The lowest BCUT2D eigenvalue weighted by molar-refractivity contribution is -0.384. The summed E-state index contributed by atoms with van der Waals surface area (Å²) in [4.78, 5) is 23.3. The predicted molar refractivity (Wildman–Crippen MR) is 71.5 cm³/mol. The van der Waals surface area contributed by atoms with Gasteiger partial charge >= 0.3 is 0 Å². The summed E-state index contributed by atoms with van der Waals surface area (Å²) in [5.74, 6) is 0.190. The molecule has 0 aromatic heterocycles. The molecule has 0 saturated carbocycles. The highest BCUT2D eigenvalue weighted by Gasteiger charge is 2.14. The van der Waals surface area contributed by atoms with Crippen LogP contribution in [0.2, 0.25) is 5.02 Å². The highest BCUT2D eigenvalue weighted by molar-refractivity contribution is 6.32. The van der Waals surface area contributed by atoms with Gasteiger partial charge in [0, 0.05) is 25.2 Å². The Morgan fingerprint density at radius 1 is 1.42 bits per heavy atom. The summed E-state index contributed by atoms with van der Waals surface area (Å²) >= 11 is 5.74. The van der Waals surface area contributed by atoms with Crippen molar-refractivity contribution in [2.24, 2.45) is 0 Å². The van der Waals surface area contributed by atoms with Crippen molar-refractivity contribution in [3.63, 3.8) is 0 Å². The molecule has 0 fully saturated rings. The fraction of sp³-hybridized carbons (Fsp3) is 0.417. The van der Waals surface area contributed by atoms with Crippen LogP contribution in [0.1, 0.15) is 13.8 Å². The van der Waals surface area contributed by atoms with E-state index in [2.05, 4.69) is 0 Å². The number of carbonyl (C=O) groups is 1. The number of nitro groups is 1. The van der Waals surface area contributed by atoms with E-state index in [0.717, 1.165) is 0 Å². The van der Waals surface area contributed by atoms with Gasteiger partial charge in [0.1, 0.15) is 10.8 Å². The molecule has 0 aliphatic heterocycles. The first-order valence-electron chi connectivity index (χ1n) is 5.84. The number of halogens is 1. The topological polar surface area (TPSA) is 72.7 Å². The Morgan fingerprint density at radius 2 is 2.05 bits per heavy atom. The second-order valence-electron chi connectivity index (χ2n) is 3.73. The average Bonchev–Trinajstić information content (AvgIpc) is 2.37. The zero-order valence-corrected chi connectivity index (χ0v) is 11.5. The van der Waals surface area contributed by atoms with Crippen LogP contribution in [0.25, 0.3) is 0 Å². The van der Waals surface area contributed by atoms with E-state index in [-0.39, 0.29) is 23.2 Å². The number of nitrogens with zero attached hydrogens (tertiary/aromatic N) is 2. The van der Waals surface area contributed by atoms with Crippen LogP contribution in [0, 0.1) is 10.1 Å². The van der Waals surface area contributed by atoms with Crippen molar-refractivity contribution in [3.8, 4) is 5.75 Å². The molecule has 1 aromatic carbocycles. The summed E-state index contributed by atoms with van der Waals surface area (Å²) in [7, 11) is 0. The van der Waals surface area contributed by atoms with E-state index in [0.29, 0.717) is 18.8 Å². The van der Waals surface area contributed by atoms with Crippen molar-refractivity contribution >= 4 is 23.2 Å². The summed E-state index contributed by atoms with van der Waals surface area (Å²) in [6.45, 7) is 4.86. The molecule has 0 unspecified atom stereocenters. The molecular weight excluding hydrogens is 272 g/mol. The lowest BCUT2D eigenvalue weighted by atomic mass is 10.3. The molecule has 1 amide bonds. The Hall–Kier alpha value is -1.82. The zero-order chi connectivity index (χ0) is 14.4. The molecule has 7 heteroatoms. The largest absolute Gasteiger partial charge is 0.484 e. The number of amides is 1. The monoisotopic (exact) mass is 286 g/mol. The number of rotatable bonds is 6. The van der Waals surface area contributed by atoms with Crippen LogP contribution in [0.15, 0.2) is 18.2 Å². The molecular formula is C12H15ClN2O4. The maximum absolute atomic E-state index is 11.7. The highest BCUT2D eigenvalue weighted by atomic mass is 35.5. The summed E-state index contributed by atoms with van der Waals surface area (Å²) in [6, 6.07) is 3.99. The van der Waals surface area contributed by atoms with Gasteiger partial charge in [0.2, 0.25) is 0 Å². The molecule has 0 bridgehead atoms. The van der Waals surface area contributed by atoms with Crippen LogP contribution in [0.5, 0.6) is 5.75 Å². The van der Waals surface area contributed by atoms with Crippen molar-refractivity contribution in [2.75, 3.05) is 19.7 Å². The van der Waals surface area contributed by atoms with Gasteiger partial charge in [0.15, 0.2) is 6.61 Å². The standard InChI is InChI=1S/C12H15ClN2O4/c1-3-14(4-2)12(16)8-19-9-5-6-11(15(17)18)10(13)7-9/h5-7H,3-4,8H2,1-2H3. The van der Waals surface area contributed by atoms with Gasteiger partial charge < -0.3 is 9.64 Å². The summed E-state index contributed by atoms with van der Waals surface area (Å²) in [5.41, 5.74) is -0.191. The molecule has 0 atom stereocenters. The van der Waals surface area contributed by atoms with Gasteiger partial charge in [-0.1, -0.05) is 11.6 Å². The number of carbonyl (C=O) groups excluding carboxylic acids is 1. The first-order chi connectivity index (χ1) is 8.99. The molecule has 104 valence electrons.